The highest BCUT2D eigenvalue weighted by Gasteiger charge is 2.59. The van der Waals surface area contributed by atoms with E-state index in [2.05, 4.69) is 35.7 Å². The molecule has 0 saturated heterocycles. The van der Waals surface area contributed by atoms with Crippen molar-refractivity contribution in [1.29, 1.82) is 0 Å². The van der Waals surface area contributed by atoms with Crippen molar-refractivity contribution in [3.05, 3.63) is 11.6 Å². The maximum absolute atomic E-state index is 12.4. The van der Waals surface area contributed by atoms with Crippen LogP contribution < -0.4 is 10.6 Å². The van der Waals surface area contributed by atoms with Crippen molar-refractivity contribution in [2.24, 2.45) is 39.7 Å². The molecule has 0 aliphatic heterocycles. The lowest BCUT2D eigenvalue weighted by molar-refractivity contribution is -0.142. The average Bonchev–Trinajstić information content (AvgIpc) is 3.26. The lowest BCUT2D eigenvalue weighted by Gasteiger charge is -2.58. The zero-order valence-electron chi connectivity index (χ0n) is 24.8. The summed E-state index contributed by atoms with van der Waals surface area (Å²) >= 11 is 0. The van der Waals surface area contributed by atoms with E-state index in [1.807, 2.05) is 6.92 Å². The van der Waals surface area contributed by atoms with E-state index in [-0.39, 0.29) is 23.4 Å². The lowest BCUT2D eigenvalue weighted by Crippen LogP contribution is -2.51. The number of carboxylic acid groups (broad SMARTS) is 1. The van der Waals surface area contributed by atoms with Crippen molar-refractivity contribution in [3.8, 4) is 0 Å². The van der Waals surface area contributed by atoms with E-state index < -0.39 is 29.9 Å². The van der Waals surface area contributed by atoms with Crippen LogP contribution in [0, 0.1) is 34.5 Å². The number of carboxylic acids is 1. The minimum atomic E-state index is -1.10. The van der Waals surface area contributed by atoms with Gasteiger partial charge in [-0.15, -0.1) is 0 Å². The molecular formula is C31H47N3O6. The zero-order chi connectivity index (χ0) is 29.2. The summed E-state index contributed by atoms with van der Waals surface area (Å²) in [6, 6.07) is -1.87. The molecule has 3 fully saturated rings. The Morgan fingerprint density at radius 1 is 1.07 bits per heavy atom. The molecule has 0 spiro atoms. The molecule has 0 heterocycles. The van der Waals surface area contributed by atoms with Gasteiger partial charge in [0, 0.05) is 5.92 Å². The minimum Gasteiger partial charge on any atom is -0.480 e. The molecule has 0 aromatic rings. The van der Waals surface area contributed by atoms with Gasteiger partial charge in [0.1, 0.15) is 17.9 Å². The number of carbonyl (C=O) groups excluding carboxylic acids is 3. The van der Waals surface area contributed by atoms with E-state index in [0.29, 0.717) is 36.4 Å². The second kappa shape index (κ2) is 12.0. The molecule has 9 nitrogen and oxygen atoms in total. The fraction of sp³-hybridized carbons (Fsp3) is 0.774. The molecule has 0 radical (unpaired) electrons. The van der Waals surface area contributed by atoms with Crippen molar-refractivity contribution in [2.75, 3.05) is 6.61 Å². The number of hydrogen-bond donors (Lipinski definition) is 3. The number of nitrogens with zero attached hydrogens (tertiary/aromatic N) is 1. The first-order chi connectivity index (χ1) is 18.9. The fourth-order valence-corrected chi connectivity index (χ4v) is 8.68. The number of hydrogen-bond acceptors (Lipinski definition) is 6. The molecule has 9 heteroatoms. The minimum absolute atomic E-state index is 0.142. The summed E-state index contributed by atoms with van der Waals surface area (Å²) < 4.78 is 0. The SMILES string of the molecule is CCC[C@H](NC(=O)[C@H](C)NC(=O)CON=C1C=C2CC[C@@H]3[C@@H]4CC[C@H](C(C)=O)[C@@]4(C)CC[C@@H]3[C@@]2(C)CC1)C(=O)O. The largest absolute Gasteiger partial charge is 0.480 e. The van der Waals surface area contributed by atoms with Gasteiger partial charge in [-0.2, -0.15) is 0 Å². The summed E-state index contributed by atoms with van der Waals surface area (Å²) in [6.45, 7) is 9.61. The molecule has 0 unspecified atom stereocenters. The normalized spacial score (nSPS) is 35.3. The molecule has 4 rings (SSSR count). The summed E-state index contributed by atoms with van der Waals surface area (Å²) in [5.74, 6) is 0.407. The Bertz CT molecular complexity index is 1080. The smallest absolute Gasteiger partial charge is 0.326 e. The second-order valence-corrected chi connectivity index (χ2v) is 13.1. The van der Waals surface area contributed by atoms with Crippen molar-refractivity contribution < 1.29 is 29.1 Å². The Balaban J connectivity index is 1.31. The Morgan fingerprint density at radius 2 is 1.82 bits per heavy atom. The van der Waals surface area contributed by atoms with Crippen LogP contribution in [0.1, 0.15) is 98.8 Å². The van der Waals surface area contributed by atoms with E-state index in [9.17, 15) is 24.3 Å². The van der Waals surface area contributed by atoms with Gasteiger partial charge in [0.15, 0.2) is 6.61 Å². The summed E-state index contributed by atoms with van der Waals surface area (Å²) in [4.78, 5) is 53.7. The van der Waals surface area contributed by atoms with Crippen LogP contribution in [0.25, 0.3) is 0 Å². The molecule has 0 aromatic carbocycles. The number of nitrogens with one attached hydrogen (secondary N) is 2. The van der Waals surface area contributed by atoms with Crippen molar-refractivity contribution in [3.63, 3.8) is 0 Å². The predicted octanol–water partition coefficient (Wildman–Crippen LogP) is 4.40. The third-order valence-corrected chi connectivity index (χ3v) is 10.8. The predicted molar refractivity (Wildman–Crippen MR) is 151 cm³/mol. The van der Waals surface area contributed by atoms with Gasteiger partial charge in [0.05, 0.1) is 5.71 Å². The Hall–Kier alpha value is -2.71. The number of carbonyl (C=O) groups is 4. The summed E-state index contributed by atoms with van der Waals surface area (Å²) in [7, 11) is 0. The third-order valence-electron chi connectivity index (χ3n) is 10.8. The van der Waals surface area contributed by atoms with E-state index in [1.54, 1.807) is 6.92 Å². The number of allylic oxidation sites excluding steroid dienone is 2. The topological polar surface area (TPSA) is 134 Å². The highest BCUT2D eigenvalue weighted by Crippen LogP contribution is 2.66. The Kier molecular flexibility index (Phi) is 9.10. The number of Topliss-reactive ketones (excluding diaryl/α,β-unsaturated/α-hetero) is 1. The number of amides is 2. The maximum atomic E-state index is 12.4. The quantitative estimate of drug-likeness (QED) is 0.341. The molecule has 3 N–H and O–H groups in total. The van der Waals surface area contributed by atoms with Crippen molar-refractivity contribution >= 4 is 29.3 Å². The molecule has 2 amide bonds. The van der Waals surface area contributed by atoms with Crippen LogP contribution in [0.4, 0.5) is 0 Å². The van der Waals surface area contributed by atoms with Crippen LogP contribution in [-0.2, 0) is 24.0 Å². The van der Waals surface area contributed by atoms with Crippen LogP contribution in [0.15, 0.2) is 16.8 Å². The van der Waals surface area contributed by atoms with Gasteiger partial charge >= 0.3 is 5.97 Å². The molecule has 222 valence electrons. The highest BCUT2D eigenvalue weighted by molar-refractivity contribution is 5.96. The Labute approximate surface area is 237 Å². The van der Waals surface area contributed by atoms with Crippen LogP contribution in [-0.4, -0.2) is 53.1 Å². The van der Waals surface area contributed by atoms with Crippen LogP contribution in [0.3, 0.4) is 0 Å². The fourth-order valence-electron chi connectivity index (χ4n) is 8.68. The number of aliphatic carboxylic acids is 1. The van der Waals surface area contributed by atoms with E-state index >= 15 is 0 Å². The van der Waals surface area contributed by atoms with Crippen LogP contribution in [0.2, 0.25) is 0 Å². The molecule has 0 aromatic heterocycles. The molecule has 0 bridgehead atoms. The number of ketones is 1. The van der Waals surface area contributed by atoms with Crippen LogP contribution in [0.5, 0.6) is 0 Å². The molecule has 3 saturated carbocycles. The number of fused-ring (bicyclic) bond motifs is 5. The van der Waals surface area contributed by atoms with Crippen LogP contribution >= 0.6 is 0 Å². The first-order valence-corrected chi connectivity index (χ1v) is 15.1. The highest BCUT2D eigenvalue weighted by atomic mass is 16.6. The van der Waals surface area contributed by atoms with Gasteiger partial charge in [-0.25, -0.2) is 4.79 Å². The summed E-state index contributed by atoms with van der Waals surface area (Å²) in [5, 5.41) is 18.5. The molecule has 4 aliphatic carbocycles. The zero-order valence-corrected chi connectivity index (χ0v) is 24.8. The van der Waals surface area contributed by atoms with Gasteiger partial charge in [0.2, 0.25) is 5.91 Å². The monoisotopic (exact) mass is 557 g/mol. The van der Waals surface area contributed by atoms with Gasteiger partial charge in [0.25, 0.3) is 5.91 Å². The number of rotatable bonds is 10. The maximum Gasteiger partial charge on any atom is 0.326 e. The second-order valence-electron chi connectivity index (χ2n) is 13.1. The van der Waals surface area contributed by atoms with Crippen molar-refractivity contribution in [2.45, 2.75) is 111 Å². The lowest BCUT2D eigenvalue weighted by atomic mass is 9.46. The first kappa shape index (κ1) is 30.3. The third kappa shape index (κ3) is 5.84. The van der Waals surface area contributed by atoms with Gasteiger partial charge < -0.3 is 20.6 Å². The van der Waals surface area contributed by atoms with E-state index in [0.717, 1.165) is 44.2 Å². The Morgan fingerprint density at radius 3 is 2.50 bits per heavy atom. The van der Waals surface area contributed by atoms with Crippen molar-refractivity contribution in [1.82, 2.24) is 10.6 Å². The van der Waals surface area contributed by atoms with E-state index in [4.69, 9.17) is 4.84 Å². The number of oxime groups is 1. The first-order valence-electron chi connectivity index (χ1n) is 15.1. The molecule has 8 atom stereocenters. The molecular weight excluding hydrogens is 510 g/mol. The average molecular weight is 558 g/mol. The van der Waals surface area contributed by atoms with Gasteiger partial charge in [-0.3, -0.25) is 14.4 Å². The standard InChI is InChI=1S/C31H47N3O6/c1-6-7-26(29(38)39)33-28(37)18(2)32-27(36)17-40-34-21-12-14-30(4)20(16-21)8-9-22-24-11-10-23(19(3)35)31(24,5)15-13-25(22)30/h16,18,22-26H,6-15,17H2,1-5H3,(H,32,36)(H,33,37)(H,38,39)/t18-,22+,23+,24-,25-,26-,30-,31+/m0/s1. The van der Waals surface area contributed by atoms with Gasteiger partial charge in [-0.05, 0) is 106 Å². The van der Waals surface area contributed by atoms with Gasteiger partial charge in [-0.1, -0.05) is 37.9 Å². The summed E-state index contributed by atoms with van der Waals surface area (Å²) in [5.41, 5.74) is 2.57. The molecule has 4 aliphatic rings. The van der Waals surface area contributed by atoms with E-state index in [1.165, 1.54) is 25.3 Å². The molecule has 40 heavy (non-hydrogen) atoms. The summed E-state index contributed by atoms with van der Waals surface area (Å²) in [6.07, 6.45) is 11.6.